The van der Waals surface area contributed by atoms with Crippen molar-refractivity contribution in [1.29, 1.82) is 0 Å². The number of nitrogens with one attached hydrogen (secondary N) is 2. The summed E-state index contributed by atoms with van der Waals surface area (Å²) in [5, 5.41) is 7.68. The molecule has 0 bridgehead atoms. The van der Waals surface area contributed by atoms with E-state index in [1.807, 2.05) is 23.5 Å². The molecule has 2 aromatic heterocycles. The minimum Gasteiger partial charge on any atom is -0.331 e. The number of carbonyl (C=O) groups is 1. The van der Waals surface area contributed by atoms with E-state index < -0.39 is 0 Å². The van der Waals surface area contributed by atoms with Crippen LogP contribution in [0.2, 0.25) is 0 Å². The molecule has 2 amide bonds. The number of carbonyl (C=O) groups excluding carboxylic acids is 1. The molecule has 1 atom stereocenters. The van der Waals surface area contributed by atoms with E-state index in [9.17, 15) is 4.79 Å². The molecule has 6 heteroatoms. The Kier molecular flexibility index (Phi) is 7.25. The van der Waals surface area contributed by atoms with E-state index in [0.717, 1.165) is 49.2 Å². The molecule has 0 fully saturated rings. The van der Waals surface area contributed by atoms with Gasteiger partial charge in [0.05, 0.1) is 6.04 Å². The molecule has 3 heterocycles. The van der Waals surface area contributed by atoms with Gasteiger partial charge in [-0.1, -0.05) is 19.9 Å². The normalized spacial score (nSPS) is 14.8. The van der Waals surface area contributed by atoms with Gasteiger partial charge in [0.25, 0.3) is 0 Å². The molecule has 176 valence electrons. The molecule has 1 aliphatic heterocycles. The molecule has 1 aliphatic rings. The van der Waals surface area contributed by atoms with Gasteiger partial charge >= 0.3 is 6.03 Å². The minimum atomic E-state index is -0.139. The largest absolute Gasteiger partial charge is 0.331 e. The first-order valence-electron chi connectivity index (χ1n) is 11.9. The lowest BCUT2D eigenvalue weighted by Gasteiger charge is -2.26. The summed E-state index contributed by atoms with van der Waals surface area (Å²) in [6, 6.07) is 10.1. The van der Waals surface area contributed by atoms with Crippen molar-refractivity contribution >= 4 is 23.1 Å². The SMILES string of the molecule is Cc1cc(C)cc(NC(=O)N[C@@H](CCC(C)C)c2c(-n3cccc3)sc3c2CCN(C)C3)c1. The predicted molar refractivity (Wildman–Crippen MR) is 139 cm³/mol. The van der Waals surface area contributed by atoms with Crippen LogP contribution < -0.4 is 10.6 Å². The van der Waals surface area contributed by atoms with Gasteiger partial charge in [-0.25, -0.2) is 4.79 Å². The highest BCUT2D eigenvalue weighted by Gasteiger charge is 2.29. The van der Waals surface area contributed by atoms with Gasteiger partial charge in [0.2, 0.25) is 0 Å². The number of aryl methyl sites for hydroxylation is 2. The summed E-state index contributed by atoms with van der Waals surface area (Å²) in [6.07, 6.45) is 7.23. The molecule has 3 aromatic rings. The van der Waals surface area contributed by atoms with Crippen molar-refractivity contribution in [3.8, 4) is 5.00 Å². The van der Waals surface area contributed by atoms with E-state index >= 15 is 0 Å². The molecule has 5 nitrogen and oxygen atoms in total. The third kappa shape index (κ3) is 5.68. The summed E-state index contributed by atoms with van der Waals surface area (Å²) in [5.74, 6) is 0.576. The number of nitrogens with zero attached hydrogens (tertiary/aromatic N) is 2. The van der Waals surface area contributed by atoms with Crippen molar-refractivity contribution < 1.29 is 4.79 Å². The molecular formula is C27H36N4OS. The highest BCUT2D eigenvalue weighted by atomic mass is 32.1. The van der Waals surface area contributed by atoms with Gasteiger partial charge in [-0.15, -0.1) is 11.3 Å². The van der Waals surface area contributed by atoms with Crippen LogP contribution in [0.15, 0.2) is 42.7 Å². The third-order valence-electron chi connectivity index (χ3n) is 6.27. The standard InChI is InChI=1S/C27H36N4OS/c1-18(2)8-9-23(29-27(32)28-21-15-19(3)14-20(4)16-21)25-22-10-13-30(5)17-24(22)33-26(25)31-11-6-7-12-31/h6-7,11-12,14-16,18,23H,8-10,13,17H2,1-5H3,(H2,28,29,32)/t23-/m0/s1. The van der Waals surface area contributed by atoms with Crippen LogP contribution in [0.1, 0.15) is 59.9 Å². The van der Waals surface area contributed by atoms with Crippen molar-refractivity contribution in [2.75, 3.05) is 18.9 Å². The Morgan fingerprint density at radius 2 is 1.79 bits per heavy atom. The van der Waals surface area contributed by atoms with Crippen LogP contribution in [0.25, 0.3) is 5.00 Å². The zero-order valence-electron chi connectivity index (χ0n) is 20.4. The van der Waals surface area contributed by atoms with Gasteiger partial charge in [0, 0.05) is 41.6 Å². The van der Waals surface area contributed by atoms with Crippen molar-refractivity contribution in [1.82, 2.24) is 14.8 Å². The molecular weight excluding hydrogens is 428 g/mol. The lowest BCUT2D eigenvalue weighted by molar-refractivity contribution is 0.247. The summed E-state index contributed by atoms with van der Waals surface area (Å²) in [4.78, 5) is 17.0. The van der Waals surface area contributed by atoms with Crippen LogP contribution in [-0.2, 0) is 13.0 Å². The topological polar surface area (TPSA) is 49.3 Å². The van der Waals surface area contributed by atoms with Gasteiger partial charge in [-0.05, 0) is 87.0 Å². The lowest BCUT2D eigenvalue weighted by Crippen LogP contribution is -2.34. The average molecular weight is 465 g/mol. The number of aromatic nitrogens is 1. The highest BCUT2D eigenvalue weighted by Crippen LogP contribution is 2.40. The number of hydrogen-bond acceptors (Lipinski definition) is 3. The number of benzene rings is 1. The average Bonchev–Trinajstić information content (AvgIpc) is 3.37. The number of amides is 2. The summed E-state index contributed by atoms with van der Waals surface area (Å²) in [7, 11) is 2.18. The Morgan fingerprint density at radius 3 is 2.45 bits per heavy atom. The first-order valence-corrected chi connectivity index (χ1v) is 12.7. The van der Waals surface area contributed by atoms with Gasteiger partial charge in [0.15, 0.2) is 0 Å². The van der Waals surface area contributed by atoms with Gasteiger partial charge in [-0.3, -0.25) is 0 Å². The molecule has 0 saturated carbocycles. The molecule has 0 saturated heterocycles. The maximum atomic E-state index is 13.2. The quantitative estimate of drug-likeness (QED) is 0.422. The number of fused-ring (bicyclic) bond motifs is 1. The Balaban J connectivity index is 1.67. The Labute approximate surface area is 201 Å². The van der Waals surface area contributed by atoms with Gasteiger partial charge in [-0.2, -0.15) is 0 Å². The number of rotatable bonds is 7. The Morgan fingerprint density at radius 1 is 1.09 bits per heavy atom. The van der Waals surface area contributed by atoms with E-state index in [0.29, 0.717) is 5.92 Å². The van der Waals surface area contributed by atoms with Crippen molar-refractivity contribution in [2.24, 2.45) is 5.92 Å². The third-order valence-corrected chi connectivity index (χ3v) is 7.52. The van der Waals surface area contributed by atoms with Crippen LogP contribution >= 0.6 is 11.3 Å². The molecule has 33 heavy (non-hydrogen) atoms. The van der Waals surface area contributed by atoms with Crippen molar-refractivity contribution in [2.45, 2.75) is 59.5 Å². The van der Waals surface area contributed by atoms with Crippen LogP contribution in [0, 0.1) is 19.8 Å². The smallest absolute Gasteiger partial charge is 0.319 e. The molecule has 0 aliphatic carbocycles. The summed E-state index contributed by atoms with van der Waals surface area (Å²) < 4.78 is 2.21. The fourth-order valence-corrected chi connectivity index (χ4v) is 6.18. The second kappa shape index (κ2) is 10.1. The molecule has 2 N–H and O–H groups in total. The zero-order chi connectivity index (χ0) is 23.5. The summed E-state index contributed by atoms with van der Waals surface area (Å²) >= 11 is 1.87. The van der Waals surface area contributed by atoms with Gasteiger partial charge in [0.1, 0.15) is 5.00 Å². The Hall–Kier alpha value is -2.57. The Bertz CT molecular complexity index is 1080. The zero-order valence-corrected chi connectivity index (χ0v) is 21.3. The van der Waals surface area contributed by atoms with Crippen LogP contribution in [0.5, 0.6) is 0 Å². The molecule has 1 aromatic carbocycles. The number of urea groups is 1. The number of likely N-dealkylation sites (N-methyl/N-ethyl adjacent to an activating group) is 1. The monoisotopic (exact) mass is 464 g/mol. The number of hydrogen-bond donors (Lipinski definition) is 2. The minimum absolute atomic E-state index is 0.0286. The maximum Gasteiger partial charge on any atom is 0.319 e. The molecule has 0 spiro atoms. The van der Waals surface area contributed by atoms with E-state index in [1.165, 1.54) is 21.0 Å². The fourth-order valence-electron chi connectivity index (χ4n) is 4.72. The lowest BCUT2D eigenvalue weighted by atomic mass is 9.92. The van der Waals surface area contributed by atoms with Crippen molar-refractivity contribution in [3.05, 3.63) is 69.9 Å². The molecule has 4 rings (SSSR count). The molecule has 0 unspecified atom stereocenters. The van der Waals surface area contributed by atoms with Crippen LogP contribution in [-0.4, -0.2) is 29.1 Å². The van der Waals surface area contributed by atoms with E-state index in [2.05, 4.69) is 85.4 Å². The second-order valence-electron chi connectivity index (χ2n) is 9.80. The number of anilines is 1. The van der Waals surface area contributed by atoms with E-state index in [4.69, 9.17) is 0 Å². The predicted octanol–water partition coefficient (Wildman–Crippen LogP) is 6.44. The van der Waals surface area contributed by atoms with E-state index in [-0.39, 0.29) is 12.1 Å². The van der Waals surface area contributed by atoms with Gasteiger partial charge < -0.3 is 20.1 Å². The first-order chi connectivity index (χ1) is 15.8. The van der Waals surface area contributed by atoms with Crippen molar-refractivity contribution in [3.63, 3.8) is 0 Å². The first kappa shape index (κ1) is 23.6. The molecule has 0 radical (unpaired) electrons. The van der Waals surface area contributed by atoms with Crippen LogP contribution in [0.3, 0.4) is 0 Å². The fraction of sp³-hybridized carbons (Fsp3) is 0.444. The summed E-state index contributed by atoms with van der Waals surface area (Å²) in [5.41, 5.74) is 5.87. The van der Waals surface area contributed by atoms with E-state index in [1.54, 1.807) is 0 Å². The second-order valence-corrected chi connectivity index (χ2v) is 10.9. The van der Waals surface area contributed by atoms with Crippen LogP contribution in [0.4, 0.5) is 10.5 Å². The highest BCUT2D eigenvalue weighted by molar-refractivity contribution is 7.15. The summed E-state index contributed by atoms with van der Waals surface area (Å²) in [6.45, 7) is 10.6. The number of thiophene rings is 1. The maximum absolute atomic E-state index is 13.2.